The van der Waals surface area contributed by atoms with Crippen LogP contribution in [0.25, 0.3) is 0 Å². The molecule has 1 aliphatic rings. The number of esters is 1. The smallest absolute Gasteiger partial charge is 0.337 e. The molecule has 6 nitrogen and oxygen atoms in total. The van der Waals surface area contributed by atoms with Gasteiger partial charge in [0.25, 0.3) is 0 Å². The van der Waals surface area contributed by atoms with Crippen LogP contribution in [0.15, 0.2) is 24.3 Å². The van der Waals surface area contributed by atoms with Gasteiger partial charge < -0.3 is 14.5 Å². The molecule has 0 radical (unpaired) electrons. The number of methoxy groups -OCH3 is 1. The first-order valence-electron chi connectivity index (χ1n) is 8.27. The number of hydrogen-bond acceptors (Lipinski definition) is 4. The number of nitrogens with zero attached hydrogens (tertiary/aromatic N) is 2. The highest BCUT2D eigenvalue weighted by atomic mass is 16.5. The lowest BCUT2D eigenvalue weighted by Gasteiger charge is -2.26. The molecule has 2 rings (SSSR count). The first kappa shape index (κ1) is 18.0. The molecule has 0 spiro atoms. The van der Waals surface area contributed by atoms with Crippen molar-refractivity contribution in [3.63, 3.8) is 0 Å². The molecule has 0 N–H and O–H groups in total. The molecule has 0 saturated carbocycles. The van der Waals surface area contributed by atoms with Crippen LogP contribution in [0, 0.1) is 0 Å². The van der Waals surface area contributed by atoms with Crippen molar-refractivity contribution in [1.29, 1.82) is 0 Å². The number of anilines is 1. The number of hydrogen-bond donors (Lipinski definition) is 0. The highest BCUT2D eigenvalue weighted by Crippen LogP contribution is 2.17. The van der Waals surface area contributed by atoms with Crippen molar-refractivity contribution >= 4 is 23.5 Å². The van der Waals surface area contributed by atoms with Crippen LogP contribution < -0.4 is 4.90 Å². The van der Waals surface area contributed by atoms with Gasteiger partial charge in [-0.15, -0.1) is 0 Å². The van der Waals surface area contributed by atoms with E-state index in [-0.39, 0.29) is 18.4 Å². The zero-order valence-corrected chi connectivity index (χ0v) is 14.3. The molecule has 1 heterocycles. The Morgan fingerprint density at radius 3 is 2.12 bits per heavy atom. The highest BCUT2D eigenvalue weighted by molar-refractivity contribution is 5.98. The van der Waals surface area contributed by atoms with Crippen molar-refractivity contribution in [3.8, 4) is 0 Å². The number of carbonyl (C=O) groups excluding carboxylic acids is 3. The maximum atomic E-state index is 12.5. The summed E-state index contributed by atoms with van der Waals surface area (Å²) in [5.41, 5.74) is 1.00. The third-order valence-electron chi connectivity index (χ3n) is 4.23. The van der Waals surface area contributed by atoms with Gasteiger partial charge in [0.2, 0.25) is 11.8 Å². The number of likely N-dealkylation sites (tertiary alicyclic amines) is 1. The van der Waals surface area contributed by atoms with Crippen molar-refractivity contribution in [3.05, 3.63) is 29.8 Å². The molecule has 0 aliphatic carbocycles. The van der Waals surface area contributed by atoms with E-state index >= 15 is 0 Å². The third-order valence-corrected chi connectivity index (χ3v) is 4.23. The van der Waals surface area contributed by atoms with Gasteiger partial charge in [-0.05, 0) is 37.1 Å². The summed E-state index contributed by atoms with van der Waals surface area (Å²) in [4.78, 5) is 39.2. The second-order valence-corrected chi connectivity index (χ2v) is 5.94. The molecule has 1 aliphatic heterocycles. The van der Waals surface area contributed by atoms with E-state index in [4.69, 9.17) is 0 Å². The number of rotatable bonds is 4. The quantitative estimate of drug-likeness (QED) is 0.793. The van der Waals surface area contributed by atoms with Crippen molar-refractivity contribution in [2.75, 3.05) is 31.6 Å². The van der Waals surface area contributed by atoms with Gasteiger partial charge in [-0.3, -0.25) is 9.59 Å². The number of ether oxygens (including phenoxy) is 1. The zero-order valence-electron chi connectivity index (χ0n) is 14.3. The van der Waals surface area contributed by atoms with E-state index in [1.807, 2.05) is 4.90 Å². The molecule has 6 heteroatoms. The van der Waals surface area contributed by atoms with Gasteiger partial charge in [0.15, 0.2) is 0 Å². The second kappa shape index (κ2) is 8.47. The molecule has 24 heavy (non-hydrogen) atoms. The van der Waals surface area contributed by atoms with E-state index in [1.54, 1.807) is 24.3 Å². The summed E-state index contributed by atoms with van der Waals surface area (Å²) >= 11 is 0. The van der Waals surface area contributed by atoms with Crippen LogP contribution in [0.5, 0.6) is 0 Å². The maximum Gasteiger partial charge on any atom is 0.337 e. The average Bonchev–Trinajstić information content (AvgIpc) is 2.88. The predicted molar refractivity (Wildman–Crippen MR) is 90.9 cm³/mol. The SMILES string of the molecule is COC(=O)c1ccc(N(CC(=O)N2CCCCCC2)C(C)=O)cc1. The molecule has 130 valence electrons. The Hall–Kier alpha value is -2.37. The van der Waals surface area contributed by atoms with Crippen LogP contribution in [0.1, 0.15) is 43.0 Å². The van der Waals surface area contributed by atoms with Crippen LogP contribution in [0.4, 0.5) is 5.69 Å². The molecule has 0 unspecified atom stereocenters. The lowest BCUT2D eigenvalue weighted by atomic mass is 10.2. The predicted octanol–water partition coefficient (Wildman–Crippen LogP) is 2.23. The largest absolute Gasteiger partial charge is 0.465 e. The first-order valence-corrected chi connectivity index (χ1v) is 8.27. The van der Waals surface area contributed by atoms with E-state index in [1.165, 1.54) is 18.9 Å². The van der Waals surface area contributed by atoms with Crippen molar-refractivity contribution in [2.45, 2.75) is 32.6 Å². The molecule has 2 amide bonds. The minimum absolute atomic E-state index is 0.0207. The summed E-state index contributed by atoms with van der Waals surface area (Å²) in [7, 11) is 1.32. The summed E-state index contributed by atoms with van der Waals surface area (Å²) in [6, 6.07) is 6.49. The Labute approximate surface area is 142 Å². The maximum absolute atomic E-state index is 12.5. The van der Waals surface area contributed by atoms with E-state index in [0.717, 1.165) is 38.8 Å². The van der Waals surface area contributed by atoms with Gasteiger partial charge in [0.1, 0.15) is 6.54 Å². The minimum Gasteiger partial charge on any atom is -0.465 e. The molecule has 1 fully saturated rings. The molecule has 1 aromatic carbocycles. The lowest BCUT2D eigenvalue weighted by molar-refractivity contribution is -0.131. The van der Waals surface area contributed by atoms with Gasteiger partial charge in [0.05, 0.1) is 12.7 Å². The summed E-state index contributed by atoms with van der Waals surface area (Å²) < 4.78 is 4.66. The highest BCUT2D eigenvalue weighted by Gasteiger charge is 2.21. The van der Waals surface area contributed by atoms with Crippen LogP contribution >= 0.6 is 0 Å². The van der Waals surface area contributed by atoms with Gasteiger partial charge in [-0.25, -0.2) is 4.79 Å². The van der Waals surface area contributed by atoms with Gasteiger partial charge >= 0.3 is 5.97 Å². The summed E-state index contributed by atoms with van der Waals surface area (Å²) in [5.74, 6) is -0.676. The van der Waals surface area contributed by atoms with Crippen LogP contribution in [0.2, 0.25) is 0 Å². The average molecular weight is 332 g/mol. The Morgan fingerprint density at radius 1 is 1.04 bits per heavy atom. The van der Waals surface area contributed by atoms with E-state index in [0.29, 0.717) is 11.3 Å². The van der Waals surface area contributed by atoms with E-state index < -0.39 is 5.97 Å². The van der Waals surface area contributed by atoms with E-state index in [9.17, 15) is 14.4 Å². The number of amides is 2. The Balaban J connectivity index is 2.09. The van der Waals surface area contributed by atoms with Crippen LogP contribution in [-0.2, 0) is 14.3 Å². The molecule has 1 aromatic rings. The summed E-state index contributed by atoms with van der Waals surface area (Å²) in [5, 5.41) is 0. The fourth-order valence-electron chi connectivity index (χ4n) is 2.84. The Bertz CT molecular complexity index is 590. The monoisotopic (exact) mass is 332 g/mol. The van der Waals surface area contributed by atoms with E-state index in [2.05, 4.69) is 4.74 Å². The molecule has 0 atom stereocenters. The topological polar surface area (TPSA) is 66.9 Å². The van der Waals surface area contributed by atoms with Crippen molar-refractivity contribution in [1.82, 2.24) is 4.90 Å². The van der Waals surface area contributed by atoms with Gasteiger partial charge in [-0.1, -0.05) is 12.8 Å². The lowest BCUT2D eigenvalue weighted by Crippen LogP contribution is -2.42. The summed E-state index contributed by atoms with van der Waals surface area (Å²) in [6.07, 6.45) is 4.32. The molecular formula is C18H24N2O4. The number of benzene rings is 1. The zero-order chi connectivity index (χ0) is 17.5. The molecule has 1 saturated heterocycles. The van der Waals surface area contributed by atoms with Gasteiger partial charge in [-0.2, -0.15) is 0 Å². The minimum atomic E-state index is -0.434. The second-order valence-electron chi connectivity index (χ2n) is 5.94. The molecular weight excluding hydrogens is 308 g/mol. The first-order chi connectivity index (χ1) is 11.5. The van der Waals surface area contributed by atoms with Crippen molar-refractivity contribution in [2.24, 2.45) is 0 Å². The normalized spacial score (nSPS) is 14.7. The number of carbonyl (C=O) groups is 3. The van der Waals surface area contributed by atoms with Crippen molar-refractivity contribution < 1.29 is 19.1 Å². The molecule has 0 aromatic heterocycles. The standard InChI is InChI=1S/C18H24N2O4/c1-14(21)20(13-17(22)19-11-5-3-4-6-12-19)16-9-7-15(8-10-16)18(23)24-2/h7-10H,3-6,11-13H2,1-2H3. The van der Waals surface area contributed by atoms with Gasteiger partial charge in [0, 0.05) is 25.7 Å². The Morgan fingerprint density at radius 2 is 1.62 bits per heavy atom. The summed E-state index contributed by atoms with van der Waals surface area (Å²) in [6.45, 7) is 2.97. The third kappa shape index (κ3) is 4.57. The fourth-order valence-corrected chi connectivity index (χ4v) is 2.84. The van der Waals surface area contributed by atoms with Crippen LogP contribution in [0.3, 0.4) is 0 Å². The molecule has 0 bridgehead atoms. The fraction of sp³-hybridized carbons (Fsp3) is 0.500. The Kier molecular flexibility index (Phi) is 6.35. The van der Waals surface area contributed by atoms with Crippen LogP contribution in [-0.4, -0.2) is 49.4 Å².